The van der Waals surface area contributed by atoms with Gasteiger partial charge in [0, 0.05) is 18.1 Å². The van der Waals surface area contributed by atoms with Gasteiger partial charge in [-0.1, -0.05) is 26.2 Å². The van der Waals surface area contributed by atoms with E-state index in [-0.39, 0.29) is 17.4 Å². The summed E-state index contributed by atoms with van der Waals surface area (Å²) in [6.07, 6.45) is 5.63. The van der Waals surface area contributed by atoms with Gasteiger partial charge in [0.25, 0.3) is 0 Å². The number of benzene rings is 1. The number of rotatable bonds is 8. The zero-order chi connectivity index (χ0) is 18.2. The molecule has 0 saturated heterocycles. The molecule has 0 aliphatic heterocycles. The third-order valence-electron chi connectivity index (χ3n) is 4.46. The van der Waals surface area contributed by atoms with Crippen molar-refractivity contribution in [2.24, 2.45) is 5.92 Å². The minimum absolute atomic E-state index is 0.00272. The summed E-state index contributed by atoms with van der Waals surface area (Å²) in [5.41, 5.74) is 0.677. The first kappa shape index (κ1) is 19.1. The molecule has 25 heavy (non-hydrogen) atoms. The lowest BCUT2D eigenvalue weighted by atomic mass is 10.1. The average Bonchev–Trinajstić information content (AvgIpc) is 3.16. The molecule has 1 N–H and O–H groups in total. The van der Waals surface area contributed by atoms with Gasteiger partial charge >= 0.3 is 5.97 Å². The van der Waals surface area contributed by atoms with Crippen LogP contribution in [0.1, 0.15) is 55.8 Å². The van der Waals surface area contributed by atoms with Gasteiger partial charge in [0.05, 0.1) is 32.1 Å². The van der Waals surface area contributed by atoms with Gasteiger partial charge in [0.1, 0.15) is 0 Å². The van der Waals surface area contributed by atoms with Crippen LogP contribution in [0.2, 0.25) is 0 Å². The first-order chi connectivity index (χ1) is 12.1. The van der Waals surface area contributed by atoms with E-state index in [9.17, 15) is 9.59 Å². The van der Waals surface area contributed by atoms with Crippen molar-refractivity contribution in [1.29, 1.82) is 0 Å². The number of amides is 1. The lowest BCUT2D eigenvalue weighted by molar-refractivity contribution is -0.119. The number of carbonyl (C=O) groups is 2. The molecule has 0 heterocycles. The van der Waals surface area contributed by atoms with Gasteiger partial charge in [-0.15, -0.1) is 0 Å². The summed E-state index contributed by atoms with van der Waals surface area (Å²) in [7, 11) is 3.01. The van der Waals surface area contributed by atoms with Gasteiger partial charge in [0.2, 0.25) is 5.91 Å². The van der Waals surface area contributed by atoms with Gasteiger partial charge in [-0.3, -0.25) is 4.79 Å². The molecule has 0 unspecified atom stereocenters. The maximum Gasteiger partial charge on any atom is 0.340 e. The largest absolute Gasteiger partial charge is 0.493 e. The Hall–Kier alpha value is -2.24. The first-order valence-corrected chi connectivity index (χ1v) is 8.84. The lowest BCUT2D eigenvalue weighted by Crippen LogP contribution is -2.22. The van der Waals surface area contributed by atoms with Crippen molar-refractivity contribution in [3.8, 4) is 11.5 Å². The van der Waals surface area contributed by atoms with Gasteiger partial charge in [0.15, 0.2) is 11.5 Å². The van der Waals surface area contributed by atoms with Crippen LogP contribution in [0.15, 0.2) is 12.1 Å². The van der Waals surface area contributed by atoms with Crippen LogP contribution in [0.4, 0.5) is 5.69 Å². The highest BCUT2D eigenvalue weighted by molar-refractivity contribution is 6.02. The molecule has 0 atom stereocenters. The Morgan fingerprint density at radius 3 is 2.36 bits per heavy atom. The van der Waals surface area contributed by atoms with Crippen LogP contribution in [0.5, 0.6) is 11.5 Å². The Balaban J connectivity index is 2.26. The average molecular weight is 349 g/mol. The molecule has 1 aromatic carbocycles. The molecule has 0 aromatic heterocycles. The van der Waals surface area contributed by atoms with E-state index < -0.39 is 5.97 Å². The van der Waals surface area contributed by atoms with E-state index in [2.05, 4.69) is 5.32 Å². The summed E-state index contributed by atoms with van der Waals surface area (Å²) < 4.78 is 15.9. The number of hydrogen-bond acceptors (Lipinski definition) is 5. The number of unbranched alkanes of at least 4 members (excludes halogenated alkanes) is 1. The van der Waals surface area contributed by atoms with Crippen molar-refractivity contribution < 1.29 is 23.8 Å². The van der Waals surface area contributed by atoms with Gasteiger partial charge in [-0.25, -0.2) is 4.79 Å². The second-order valence-electron chi connectivity index (χ2n) is 6.21. The number of nitrogens with one attached hydrogen (secondary N) is 1. The van der Waals surface area contributed by atoms with Gasteiger partial charge in [-0.2, -0.15) is 0 Å². The summed E-state index contributed by atoms with van der Waals surface area (Å²) in [6.45, 7) is 2.37. The predicted molar refractivity (Wildman–Crippen MR) is 95.3 cm³/mol. The highest BCUT2D eigenvalue weighted by Gasteiger charge is 2.25. The van der Waals surface area contributed by atoms with E-state index in [0.717, 1.165) is 38.5 Å². The van der Waals surface area contributed by atoms with E-state index >= 15 is 0 Å². The van der Waals surface area contributed by atoms with Crippen molar-refractivity contribution in [2.75, 3.05) is 26.1 Å². The normalized spacial score (nSPS) is 14.2. The Bertz CT molecular complexity index is 608. The highest BCUT2D eigenvalue weighted by atomic mass is 16.5. The molecule has 6 heteroatoms. The van der Waals surface area contributed by atoms with Crippen LogP contribution in [0, 0.1) is 5.92 Å². The highest BCUT2D eigenvalue weighted by Crippen LogP contribution is 2.35. The van der Waals surface area contributed by atoms with Gasteiger partial charge in [-0.05, 0) is 19.3 Å². The Morgan fingerprint density at radius 2 is 1.76 bits per heavy atom. The van der Waals surface area contributed by atoms with Crippen LogP contribution in [0.3, 0.4) is 0 Å². The molecule has 1 saturated carbocycles. The fourth-order valence-corrected chi connectivity index (χ4v) is 2.96. The Morgan fingerprint density at radius 1 is 1.12 bits per heavy atom. The summed E-state index contributed by atoms with van der Waals surface area (Å²) in [5, 5.41) is 2.87. The lowest BCUT2D eigenvalue weighted by Gasteiger charge is -2.17. The molecule has 1 aliphatic rings. The molecule has 1 aliphatic carbocycles. The first-order valence-electron chi connectivity index (χ1n) is 8.84. The van der Waals surface area contributed by atoms with Crippen molar-refractivity contribution in [2.45, 2.75) is 45.4 Å². The standard InChI is InChI=1S/C19H27NO5/c1-4-5-10-25-19(22)14-11-16(23-2)17(24-3)12-15(14)20-18(21)13-8-6-7-9-13/h11-13H,4-10H2,1-3H3,(H,20,21). The summed E-state index contributed by atoms with van der Waals surface area (Å²) in [4.78, 5) is 24.9. The zero-order valence-electron chi connectivity index (χ0n) is 15.2. The number of esters is 1. The third-order valence-corrected chi connectivity index (χ3v) is 4.46. The van der Waals surface area contributed by atoms with E-state index in [4.69, 9.17) is 14.2 Å². The maximum absolute atomic E-state index is 12.5. The quantitative estimate of drug-likeness (QED) is 0.571. The second kappa shape index (κ2) is 9.30. The van der Waals surface area contributed by atoms with Crippen molar-refractivity contribution in [1.82, 2.24) is 0 Å². The smallest absolute Gasteiger partial charge is 0.340 e. The van der Waals surface area contributed by atoms with E-state index in [0.29, 0.717) is 23.8 Å². The molecule has 1 amide bonds. The summed E-state index contributed by atoms with van der Waals surface area (Å²) in [5.74, 6) is 0.332. The van der Waals surface area contributed by atoms with Crippen LogP contribution in [-0.2, 0) is 9.53 Å². The number of anilines is 1. The Labute approximate surface area is 148 Å². The van der Waals surface area contributed by atoms with Crippen molar-refractivity contribution in [3.05, 3.63) is 17.7 Å². The van der Waals surface area contributed by atoms with E-state index in [1.807, 2.05) is 6.92 Å². The van der Waals surface area contributed by atoms with Crippen LogP contribution in [0.25, 0.3) is 0 Å². The zero-order valence-corrected chi connectivity index (χ0v) is 15.2. The maximum atomic E-state index is 12.5. The number of hydrogen-bond donors (Lipinski definition) is 1. The second-order valence-corrected chi connectivity index (χ2v) is 6.21. The molecule has 1 aromatic rings. The number of carbonyl (C=O) groups excluding carboxylic acids is 2. The monoisotopic (exact) mass is 349 g/mol. The van der Waals surface area contributed by atoms with E-state index in [1.54, 1.807) is 12.1 Å². The molecule has 0 bridgehead atoms. The van der Waals surface area contributed by atoms with E-state index in [1.165, 1.54) is 14.2 Å². The Kier molecular flexibility index (Phi) is 7.10. The molecule has 0 spiro atoms. The van der Waals surface area contributed by atoms with Gasteiger partial charge < -0.3 is 19.5 Å². The van der Waals surface area contributed by atoms with Crippen molar-refractivity contribution in [3.63, 3.8) is 0 Å². The molecular formula is C19H27NO5. The molecule has 0 radical (unpaired) electrons. The molecule has 1 fully saturated rings. The molecule has 2 rings (SSSR count). The molecular weight excluding hydrogens is 322 g/mol. The number of methoxy groups -OCH3 is 2. The minimum Gasteiger partial charge on any atom is -0.493 e. The number of ether oxygens (including phenoxy) is 3. The fourth-order valence-electron chi connectivity index (χ4n) is 2.96. The van der Waals surface area contributed by atoms with Crippen LogP contribution < -0.4 is 14.8 Å². The summed E-state index contributed by atoms with van der Waals surface area (Å²) >= 11 is 0. The topological polar surface area (TPSA) is 73.9 Å². The SMILES string of the molecule is CCCCOC(=O)c1cc(OC)c(OC)cc1NC(=O)C1CCCC1. The molecule has 138 valence electrons. The molecule has 6 nitrogen and oxygen atoms in total. The summed E-state index contributed by atoms with van der Waals surface area (Å²) in [6, 6.07) is 3.17. The van der Waals surface area contributed by atoms with Crippen LogP contribution in [-0.4, -0.2) is 32.7 Å². The third kappa shape index (κ3) is 4.87. The predicted octanol–water partition coefficient (Wildman–Crippen LogP) is 3.79. The fraction of sp³-hybridized carbons (Fsp3) is 0.579. The van der Waals surface area contributed by atoms with Crippen LogP contribution >= 0.6 is 0 Å². The van der Waals surface area contributed by atoms with Crippen molar-refractivity contribution >= 4 is 17.6 Å². The minimum atomic E-state index is -0.476.